The van der Waals surface area contributed by atoms with Crippen LogP contribution in [0, 0.1) is 0 Å². The van der Waals surface area contributed by atoms with E-state index in [0.29, 0.717) is 13.0 Å². The van der Waals surface area contributed by atoms with Crippen LogP contribution in [0.3, 0.4) is 0 Å². The van der Waals surface area contributed by atoms with Gasteiger partial charge in [-0.2, -0.15) is 0 Å². The summed E-state index contributed by atoms with van der Waals surface area (Å²) in [7, 11) is -3.39. The number of rotatable bonds is 7. The van der Waals surface area contributed by atoms with Crippen molar-refractivity contribution in [1.29, 1.82) is 0 Å². The summed E-state index contributed by atoms with van der Waals surface area (Å²) in [5.74, 6) is -0.0754. The Hall–Kier alpha value is -0.170. The second kappa shape index (κ2) is 5.65. The van der Waals surface area contributed by atoms with Gasteiger partial charge in [0, 0.05) is 18.7 Å². The smallest absolute Gasteiger partial charge is 0.210 e. The van der Waals surface area contributed by atoms with Crippen molar-refractivity contribution < 1.29 is 13.5 Å². The predicted molar refractivity (Wildman–Crippen MR) is 56.4 cm³/mol. The number of nitrogens with two attached hydrogens (primary N) is 1. The van der Waals surface area contributed by atoms with E-state index >= 15 is 0 Å². The minimum absolute atomic E-state index is 0.0754. The molecular weight excluding hydrogens is 204 g/mol. The van der Waals surface area contributed by atoms with Gasteiger partial charge in [-0.15, -0.1) is 0 Å². The van der Waals surface area contributed by atoms with Crippen LogP contribution >= 0.6 is 0 Å². The van der Waals surface area contributed by atoms with E-state index in [2.05, 4.69) is 5.32 Å². The summed E-state index contributed by atoms with van der Waals surface area (Å²) in [6.07, 6.45) is 1.44. The van der Waals surface area contributed by atoms with Gasteiger partial charge < -0.3 is 10.4 Å². The van der Waals surface area contributed by atoms with E-state index in [4.69, 9.17) is 10.2 Å². The van der Waals surface area contributed by atoms with Gasteiger partial charge in [0.05, 0.1) is 5.75 Å². The highest BCUT2D eigenvalue weighted by Crippen LogP contribution is 2.12. The second-order valence-electron chi connectivity index (χ2n) is 3.68. The molecule has 0 rings (SSSR count). The van der Waals surface area contributed by atoms with Crippen LogP contribution in [0.4, 0.5) is 0 Å². The molecule has 0 aliphatic carbocycles. The van der Waals surface area contributed by atoms with Crippen LogP contribution in [-0.4, -0.2) is 38.0 Å². The van der Waals surface area contributed by atoms with Crippen molar-refractivity contribution in [3.05, 3.63) is 0 Å². The van der Waals surface area contributed by atoms with E-state index in [1.165, 1.54) is 0 Å². The molecule has 0 spiro atoms. The van der Waals surface area contributed by atoms with Crippen LogP contribution in [0.25, 0.3) is 0 Å². The van der Waals surface area contributed by atoms with Crippen LogP contribution in [0.2, 0.25) is 0 Å². The summed E-state index contributed by atoms with van der Waals surface area (Å²) >= 11 is 0. The van der Waals surface area contributed by atoms with Gasteiger partial charge in [-0.25, -0.2) is 13.6 Å². The first kappa shape index (κ1) is 13.8. The largest absolute Gasteiger partial charge is 0.396 e. The molecule has 1 atom stereocenters. The summed E-state index contributed by atoms with van der Waals surface area (Å²) in [5.41, 5.74) is -0.209. The molecule has 4 N–H and O–H groups in total. The lowest BCUT2D eigenvalue weighted by atomic mass is 9.95. The topological polar surface area (TPSA) is 92.4 Å². The average Bonchev–Trinajstić information content (AvgIpc) is 2.02. The zero-order valence-electron chi connectivity index (χ0n) is 8.78. The lowest BCUT2D eigenvalue weighted by molar-refractivity contribution is 0.218. The Kier molecular flexibility index (Phi) is 5.58. The van der Waals surface area contributed by atoms with Crippen molar-refractivity contribution >= 4 is 10.0 Å². The highest BCUT2D eigenvalue weighted by atomic mass is 32.2. The fraction of sp³-hybridized carbons (Fsp3) is 1.00. The monoisotopic (exact) mass is 224 g/mol. The zero-order valence-corrected chi connectivity index (χ0v) is 9.60. The Morgan fingerprint density at radius 3 is 2.43 bits per heavy atom. The van der Waals surface area contributed by atoms with Crippen molar-refractivity contribution in [2.24, 2.45) is 5.14 Å². The van der Waals surface area contributed by atoms with Crippen LogP contribution in [0.15, 0.2) is 0 Å². The molecule has 86 valence electrons. The van der Waals surface area contributed by atoms with Crippen LogP contribution in [0.5, 0.6) is 0 Å². The van der Waals surface area contributed by atoms with Crippen LogP contribution in [-0.2, 0) is 10.0 Å². The zero-order chi connectivity index (χ0) is 11.2. The number of hydrogen-bond acceptors (Lipinski definition) is 4. The molecule has 1 unspecified atom stereocenters. The quantitative estimate of drug-likeness (QED) is 0.539. The lowest BCUT2D eigenvalue weighted by Gasteiger charge is -2.28. The van der Waals surface area contributed by atoms with Gasteiger partial charge in [0.2, 0.25) is 10.0 Å². The fourth-order valence-corrected chi connectivity index (χ4v) is 1.52. The highest BCUT2D eigenvalue weighted by molar-refractivity contribution is 7.89. The van der Waals surface area contributed by atoms with Gasteiger partial charge in [-0.1, -0.05) is 6.92 Å². The standard InChI is InChI=1S/C8H20N2O3S/c1-3-8(2,4-6-11)10-5-7-14(9,12)13/h10-11H,3-7H2,1-2H3,(H2,9,12,13). The third-order valence-electron chi connectivity index (χ3n) is 2.38. The first-order valence-electron chi connectivity index (χ1n) is 4.69. The molecule has 0 bridgehead atoms. The first-order valence-corrected chi connectivity index (χ1v) is 6.41. The Labute approximate surface area is 85.7 Å². The summed E-state index contributed by atoms with van der Waals surface area (Å²) in [6.45, 7) is 4.35. The Bertz CT molecular complexity index is 253. The van der Waals surface area contributed by atoms with E-state index in [-0.39, 0.29) is 17.9 Å². The van der Waals surface area contributed by atoms with Gasteiger partial charge in [-0.05, 0) is 19.8 Å². The van der Waals surface area contributed by atoms with E-state index in [0.717, 1.165) is 6.42 Å². The van der Waals surface area contributed by atoms with Gasteiger partial charge in [0.15, 0.2) is 0 Å². The van der Waals surface area contributed by atoms with E-state index in [1.807, 2.05) is 13.8 Å². The summed E-state index contributed by atoms with van der Waals surface area (Å²) in [4.78, 5) is 0. The molecule has 0 heterocycles. The fourth-order valence-electron chi connectivity index (χ4n) is 1.13. The van der Waals surface area contributed by atoms with Gasteiger partial charge in [0.1, 0.15) is 0 Å². The molecule has 0 aromatic carbocycles. The first-order chi connectivity index (χ1) is 6.33. The lowest BCUT2D eigenvalue weighted by Crippen LogP contribution is -2.45. The van der Waals surface area contributed by atoms with Gasteiger partial charge >= 0.3 is 0 Å². The third kappa shape index (κ3) is 6.31. The molecule has 0 aromatic heterocycles. The normalized spacial score (nSPS) is 16.6. The molecule has 6 heteroatoms. The molecule has 0 saturated carbocycles. The molecule has 0 aliphatic heterocycles. The van der Waals surface area contributed by atoms with E-state index in [9.17, 15) is 8.42 Å². The van der Waals surface area contributed by atoms with Gasteiger partial charge in [0.25, 0.3) is 0 Å². The van der Waals surface area contributed by atoms with Crippen LogP contribution < -0.4 is 10.5 Å². The maximum atomic E-state index is 10.7. The van der Waals surface area contributed by atoms with E-state index < -0.39 is 10.0 Å². The second-order valence-corrected chi connectivity index (χ2v) is 5.42. The van der Waals surface area contributed by atoms with Crippen molar-refractivity contribution in [1.82, 2.24) is 5.32 Å². The third-order valence-corrected chi connectivity index (χ3v) is 3.16. The molecule has 0 amide bonds. The Balaban J connectivity index is 3.96. The summed E-state index contributed by atoms with van der Waals surface area (Å²) < 4.78 is 21.3. The maximum absolute atomic E-state index is 10.7. The predicted octanol–water partition coefficient (Wildman–Crippen LogP) is -0.584. The van der Waals surface area contributed by atoms with E-state index in [1.54, 1.807) is 0 Å². The molecule has 0 radical (unpaired) electrons. The number of primary sulfonamides is 1. The minimum Gasteiger partial charge on any atom is -0.396 e. The summed E-state index contributed by atoms with van der Waals surface area (Å²) in [5, 5.41) is 16.8. The van der Waals surface area contributed by atoms with Crippen molar-refractivity contribution in [3.8, 4) is 0 Å². The Morgan fingerprint density at radius 1 is 1.50 bits per heavy atom. The minimum atomic E-state index is -3.39. The molecule has 0 saturated heterocycles. The summed E-state index contributed by atoms with van der Waals surface area (Å²) in [6, 6.07) is 0. The molecular formula is C8H20N2O3S. The molecule has 5 nitrogen and oxygen atoms in total. The molecule has 0 fully saturated rings. The van der Waals surface area contributed by atoms with Gasteiger partial charge in [-0.3, -0.25) is 0 Å². The van der Waals surface area contributed by atoms with Crippen molar-refractivity contribution in [3.63, 3.8) is 0 Å². The number of nitrogens with one attached hydrogen (secondary N) is 1. The number of aliphatic hydroxyl groups is 1. The molecule has 14 heavy (non-hydrogen) atoms. The van der Waals surface area contributed by atoms with Crippen LogP contribution in [0.1, 0.15) is 26.7 Å². The number of hydrogen-bond donors (Lipinski definition) is 3. The maximum Gasteiger partial charge on any atom is 0.210 e. The van der Waals surface area contributed by atoms with Crippen molar-refractivity contribution in [2.45, 2.75) is 32.2 Å². The number of aliphatic hydroxyl groups excluding tert-OH is 1. The molecule has 0 aliphatic rings. The Morgan fingerprint density at radius 2 is 2.07 bits per heavy atom. The highest BCUT2D eigenvalue weighted by Gasteiger charge is 2.20. The molecule has 0 aromatic rings. The van der Waals surface area contributed by atoms with Crippen molar-refractivity contribution in [2.75, 3.05) is 18.9 Å². The number of sulfonamides is 1. The SMILES string of the molecule is CCC(C)(CCO)NCCS(N)(=O)=O. The average molecular weight is 224 g/mol.